The highest BCUT2D eigenvalue weighted by atomic mass is 16.5. The van der Waals surface area contributed by atoms with Crippen LogP contribution in [0.5, 0.6) is 0 Å². The van der Waals surface area contributed by atoms with Crippen LogP contribution < -0.4 is 10.4 Å². The fourth-order valence-corrected chi connectivity index (χ4v) is 1.16. The Hall–Kier alpha value is -1.75. The Bertz CT molecular complexity index is 314. The number of hydrogen-bond donors (Lipinski definition) is 2. The van der Waals surface area contributed by atoms with E-state index in [2.05, 4.69) is 5.43 Å². The number of nitrogens with zero attached hydrogens (tertiary/aromatic N) is 2. The van der Waals surface area contributed by atoms with Crippen LogP contribution in [-0.4, -0.2) is 23.0 Å². The summed E-state index contributed by atoms with van der Waals surface area (Å²) in [6.45, 7) is 0.142. The summed E-state index contributed by atoms with van der Waals surface area (Å²) in [6.07, 6.45) is 0. The zero-order valence-electron chi connectivity index (χ0n) is 6.84. The number of rotatable bonds is 1. The number of para-hydroxylation sites is 1. The lowest BCUT2D eigenvalue weighted by molar-refractivity contribution is -0.0248. The second-order valence-corrected chi connectivity index (χ2v) is 2.72. The van der Waals surface area contributed by atoms with Crippen LogP contribution in [0.15, 0.2) is 30.3 Å². The van der Waals surface area contributed by atoms with E-state index in [9.17, 15) is 4.79 Å². The van der Waals surface area contributed by atoms with Crippen molar-refractivity contribution in [2.75, 3.05) is 11.7 Å². The lowest BCUT2D eigenvalue weighted by Crippen LogP contribution is -2.32. The van der Waals surface area contributed by atoms with Crippen molar-refractivity contribution >= 4 is 11.7 Å². The van der Waals surface area contributed by atoms with E-state index in [4.69, 9.17) is 5.21 Å². The Morgan fingerprint density at radius 2 is 2.00 bits per heavy atom. The molecule has 0 unspecified atom stereocenters. The van der Waals surface area contributed by atoms with Gasteiger partial charge < -0.3 is 0 Å². The molecule has 0 bridgehead atoms. The molecule has 0 spiro atoms. The van der Waals surface area contributed by atoms with Gasteiger partial charge >= 0.3 is 6.03 Å². The Morgan fingerprint density at radius 1 is 1.31 bits per heavy atom. The number of anilines is 1. The molecule has 1 aromatic rings. The normalized spacial score (nSPS) is 16.2. The molecule has 0 saturated carbocycles. The molecule has 0 radical (unpaired) electrons. The van der Waals surface area contributed by atoms with Gasteiger partial charge in [0.25, 0.3) is 0 Å². The predicted molar refractivity (Wildman–Crippen MR) is 45.9 cm³/mol. The Morgan fingerprint density at radius 3 is 2.54 bits per heavy atom. The molecule has 2 amide bonds. The summed E-state index contributed by atoms with van der Waals surface area (Å²) in [6, 6.07) is 8.80. The van der Waals surface area contributed by atoms with E-state index < -0.39 is 6.03 Å². The van der Waals surface area contributed by atoms with Crippen LogP contribution in [0.1, 0.15) is 0 Å². The topological polar surface area (TPSA) is 55.8 Å². The molecule has 1 saturated heterocycles. The number of hydroxylamine groups is 2. The van der Waals surface area contributed by atoms with Gasteiger partial charge in [-0.25, -0.2) is 10.2 Å². The molecule has 1 aromatic carbocycles. The number of amides is 2. The first-order valence-electron chi connectivity index (χ1n) is 3.87. The fourth-order valence-electron chi connectivity index (χ4n) is 1.16. The fraction of sp³-hybridized carbons (Fsp3) is 0.125. The Balaban J connectivity index is 2.17. The third kappa shape index (κ3) is 1.41. The minimum Gasteiger partial charge on any atom is -0.283 e. The SMILES string of the molecule is O=C1NN(c2ccccc2)CN1O. The highest BCUT2D eigenvalue weighted by Crippen LogP contribution is 2.14. The maximum Gasteiger partial charge on any atom is 0.361 e. The second-order valence-electron chi connectivity index (χ2n) is 2.72. The van der Waals surface area contributed by atoms with Crippen LogP contribution in [0, 0.1) is 0 Å². The average molecular weight is 179 g/mol. The summed E-state index contributed by atoms with van der Waals surface area (Å²) in [5, 5.41) is 11.2. The maximum absolute atomic E-state index is 10.9. The third-order valence-electron chi connectivity index (χ3n) is 1.81. The zero-order chi connectivity index (χ0) is 9.26. The van der Waals surface area contributed by atoms with Gasteiger partial charge in [-0.3, -0.25) is 10.2 Å². The van der Waals surface area contributed by atoms with Crippen molar-refractivity contribution in [3.8, 4) is 0 Å². The van der Waals surface area contributed by atoms with Gasteiger partial charge in [0.05, 0.1) is 5.69 Å². The monoisotopic (exact) mass is 179 g/mol. The summed E-state index contributed by atoms with van der Waals surface area (Å²) in [4.78, 5) is 10.9. The van der Waals surface area contributed by atoms with Crippen molar-refractivity contribution in [3.63, 3.8) is 0 Å². The molecule has 1 fully saturated rings. The lowest BCUT2D eigenvalue weighted by Gasteiger charge is -2.14. The summed E-state index contributed by atoms with van der Waals surface area (Å²) in [5.41, 5.74) is 3.33. The van der Waals surface area contributed by atoms with E-state index in [1.807, 2.05) is 30.3 Å². The average Bonchev–Trinajstić information content (AvgIpc) is 2.49. The van der Waals surface area contributed by atoms with Gasteiger partial charge in [0.15, 0.2) is 0 Å². The van der Waals surface area contributed by atoms with Crippen molar-refractivity contribution in [1.82, 2.24) is 10.5 Å². The number of benzene rings is 1. The largest absolute Gasteiger partial charge is 0.361 e. The smallest absolute Gasteiger partial charge is 0.283 e. The standard InChI is InChI=1S/C8H9N3O2/c12-8-9-10(6-11(8)13)7-4-2-1-3-5-7/h1-5,13H,6H2,(H,9,12). The first-order valence-corrected chi connectivity index (χ1v) is 3.87. The van der Waals surface area contributed by atoms with E-state index in [1.54, 1.807) is 5.01 Å². The van der Waals surface area contributed by atoms with Crippen LogP contribution in [-0.2, 0) is 0 Å². The van der Waals surface area contributed by atoms with Gasteiger partial charge in [-0.05, 0) is 12.1 Å². The molecular weight excluding hydrogens is 170 g/mol. The zero-order valence-corrected chi connectivity index (χ0v) is 6.84. The molecule has 5 heteroatoms. The molecule has 0 aliphatic carbocycles. The number of hydrazine groups is 1. The number of hydrogen-bond acceptors (Lipinski definition) is 3. The molecule has 68 valence electrons. The first kappa shape index (κ1) is 7.88. The van der Waals surface area contributed by atoms with Crippen LogP contribution in [0.3, 0.4) is 0 Å². The first-order chi connectivity index (χ1) is 6.27. The Kier molecular flexibility index (Phi) is 1.79. The number of carbonyl (C=O) groups is 1. The van der Waals surface area contributed by atoms with Crippen molar-refractivity contribution in [1.29, 1.82) is 0 Å². The molecule has 1 aliphatic heterocycles. The Labute approximate surface area is 75.1 Å². The minimum absolute atomic E-state index is 0.142. The molecule has 1 aliphatic rings. The van der Waals surface area contributed by atoms with Crippen molar-refractivity contribution < 1.29 is 10.0 Å². The second kappa shape index (κ2) is 2.95. The molecule has 13 heavy (non-hydrogen) atoms. The summed E-state index contributed by atoms with van der Waals surface area (Å²) in [5.74, 6) is 0. The van der Waals surface area contributed by atoms with Gasteiger partial charge in [0, 0.05) is 0 Å². The van der Waals surface area contributed by atoms with E-state index in [-0.39, 0.29) is 6.67 Å². The molecule has 2 rings (SSSR count). The van der Waals surface area contributed by atoms with Gasteiger partial charge in [-0.1, -0.05) is 18.2 Å². The van der Waals surface area contributed by atoms with Crippen molar-refractivity contribution in [3.05, 3.63) is 30.3 Å². The molecule has 1 heterocycles. The van der Waals surface area contributed by atoms with Crippen LogP contribution in [0.25, 0.3) is 0 Å². The quantitative estimate of drug-likeness (QED) is 0.626. The molecule has 5 nitrogen and oxygen atoms in total. The van der Waals surface area contributed by atoms with Crippen molar-refractivity contribution in [2.24, 2.45) is 0 Å². The molecule has 0 atom stereocenters. The highest BCUT2D eigenvalue weighted by molar-refractivity contribution is 5.78. The van der Waals surface area contributed by atoms with Gasteiger partial charge in [0.1, 0.15) is 6.67 Å². The summed E-state index contributed by atoms with van der Waals surface area (Å²) >= 11 is 0. The molecule has 0 aromatic heterocycles. The van der Waals surface area contributed by atoms with E-state index in [0.717, 1.165) is 5.69 Å². The lowest BCUT2D eigenvalue weighted by atomic mass is 10.3. The summed E-state index contributed by atoms with van der Waals surface area (Å²) in [7, 11) is 0. The third-order valence-corrected chi connectivity index (χ3v) is 1.81. The van der Waals surface area contributed by atoms with Crippen LogP contribution in [0.4, 0.5) is 10.5 Å². The van der Waals surface area contributed by atoms with Crippen molar-refractivity contribution in [2.45, 2.75) is 0 Å². The van der Waals surface area contributed by atoms with E-state index >= 15 is 0 Å². The number of nitrogens with one attached hydrogen (secondary N) is 1. The highest BCUT2D eigenvalue weighted by Gasteiger charge is 2.25. The van der Waals surface area contributed by atoms with E-state index in [0.29, 0.717) is 5.06 Å². The predicted octanol–water partition coefficient (Wildman–Crippen LogP) is 0.780. The minimum atomic E-state index is -0.510. The molecular formula is C8H9N3O2. The van der Waals surface area contributed by atoms with Crippen LogP contribution >= 0.6 is 0 Å². The van der Waals surface area contributed by atoms with Gasteiger partial charge in [-0.2, -0.15) is 5.06 Å². The number of carbonyl (C=O) groups excluding carboxylic acids is 1. The van der Waals surface area contributed by atoms with Gasteiger partial charge in [-0.15, -0.1) is 0 Å². The van der Waals surface area contributed by atoms with Gasteiger partial charge in [0.2, 0.25) is 0 Å². The maximum atomic E-state index is 10.9. The number of urea groups is 1. The summed E-state index contributed by atoms with van der Waals surface area (Å²) < 4.78 is 0. The van der Waals surface area contributed by atoms with Crippen LogP contribution in [0.2, 0.25) is 0 Å². The molecule has 2 N–H and O–H groups in total. The van der Waals surface area contributed by atoms with E-state index in [1.165, 1.54) is 0 Å².